The maximum atomic E-state index is 12.6. The molecule has 0 aliphatic carbocycles. The first kappa shape index (κ1) is 18.0. The molecule has 0 unspecified atom stereocenters. The number of anilines is 4. The molecule has 2 heterocycles. The van der Waals surface area contributed by atoms with Gasteiger partial charge < -0.3 is 10.6 Å². The van der Waals surface area contributed by atoms with E-state index in [1.807, 2.05) is 31.2 Å². The summed E-state index contributed by atoms with van der Waals surface area (Å²) in [5.41, 5.74) is 4.11. The van der Waals surface area contributed by atoms with Gasteiger partial charge >= 0.3 is 0 Å². The minimum absolute atomic E-state index is 0.0895. The molecule has 8 heteroatoms. The smallest absolute Gasteiger partial charge is 0.263 e. The van der Waals surface area contributed by atoms with Crippen molar-refractivity contribution in [1.29, 1.82) is 0 Å². The maximum Gasteiger partial charge on any atom is 0.263 e. The number of hydrogen-bond donors (Lipinski definition) is 3. The minimum atomic E-state index is -3.80. The summed E-state index contributed by atoms with van der Waals surface area (Å²) < 4.78 is 27.7. The van der Waals surface area contributed by atoms with Crippen molar-refractivity contribution in [1.82, 2.24) is 4.98 Å². The molecule has 1 aromatic heterocycles. The van der Waals surface area contributed by atoms with Crippen molar-refractivity contribution < 1.29 is 13.2 Å². The Hall–Kier alpha value is -3.39. The van der Waals surface area contributed by atoms with Gasteiger partial charge in [-0.2, -0.15) is 0 Å². The number of rotatable bonds is 5. The number of carbonyl (C=O) groups excluding carboxylic acids is 1. The molecule has 0 saturated carbocycles. The third kappa shape index (κ3) is 3.67. The van der Waals surface area contributed by atoms with Gasteiger partial charge in [-0.05, 0) is 54.4 Å². The Labute approximate surface area is 162 Å². The molecule has 28 heavy (non-hydrogen) atoms. The lowest BCUT2D eigenvalue weighted by Crippen LogP contribution is -2.14. The van der Waals surface area contributed by atoms with Gasteiger partial charge in [0, 0.05) is 11.4 Å². The fraction of sp³-hybridized carbons (Fsp3) is 0.100. The highest BCUT2D eigenvalue weighted by atomic mass is 32.2. The first-order chi connectivity index (χ1) is 13.4. The van der Waals surface area contributed by atoms with Crippen LogP contribution in [0.3, 0.4) is 0 Å². The molecule has 142 valence electrons. The van der Waals surface area contributed by atoms with Gasteiger partial charge in [0.05, 0.1) is 23.2 Å². The van der Waals surface area contributed by atoms with E-state index < -0.39 is 10.0 Å². The van der Waals surface area contributed by atoms with Crippen molar-refractivity contribution in [3.05, 3.63) is 71.9 Å². The lowest BCUT2D eigenvalue weighted by Gasteiger charge is -2.11. The number of hydrogen-bond acceptors (Lipinski definition) is 5. The van der Waals surface area contributed by atoms with Crippen LogP contribution in [0.1, 0.15) is 11.1 Å². The Morgan fingerprint density at radius 2 is 1.89 bits per heavy atom. The van der Waals surface area contributed by atoms with E-state index in [0.717, 1.165) is 16.9 Å². The summed E-state index contributed by atoms with van der Waals surface area (Å²) in [6.07, 6.45) is 1.74. The van der Waals surface area contributed by atoms with Crippen molar-refractivity contribution in [3.8, 4) is 0 Å². The van der Waals surface area contributed by atoms with Crippen molar-refractivity contribution in [2.45, 2.75) is 18.2 Å². The molecule has 0 atom stereocenters. The van der Waals surface area contributed by atoms with E-state index in [2.05, 4.69) is 20.3 Å². The largest absolute Gasteiger partial charge is 0.354 e. The Morgan fingerprint density at radius 3 is 2.64 bits per heavy atom. The molecule has 4 rings (SSSR count). The topological polar surface area (TPSA) is 100 Å². The standard InChI is InChI=1S/C20H18N4O3S/c1-13-4-2-3-5-17(13)22-15-6-9-19(21-12-15)24-28(26,27)16-7-8-18-14(10-16)11-20(25)23-18/h2-10,12,22H,11H2,1H3,(H,21,24)(H,23,25). The number of sulfonamides is 1. The molecular formula is C20H18N4O3S. The van der Waals surface area contributed by atoms with Gasteiger partial charge in [0.25, 0.3) is 10.0 Å². The van der Waals surface area contributed by atoms with E-state index in [1.54, 1.807) is 24.4 Å². The average molecular weight is 394 g/mol. The Morgan fingerprint density at radius 1 is 1.07 bits per heavy atom. The second-order valence-corrected chi connectivity index (χ2v) is 8.20. The molecule has 3 N–H and O–H groups in total. The van der Waals surface area contributed by atoms with Crippen LogP contribution in [-0.2, 0) is 21.2 Å². The first-order valence-corrected chi connectivity index (χ1v) is 10.1. The molecule has 0 spiro atoms. The third-order valence-corrected chi connectivity index (χ3v) is 5.79. The summed E-state index contributed by atoms with van der Waals surface area (Å²) in [4.78, 5) is 15.7. The van der Waals surface area contributed by atoms with E-state index >= 15 is 0 Å². The number of aromatic nitrogens is 1. The zero-order chi connectivity index (χ0) is 19.7. The molecule has 1 aliphatic heterocycles. The molecule has 0 saturated heterocycles. The summed E-state index contributed by atoms with van der Waals surface area (Å²) in [6.45, 7) is 2.00. The fourth-order valence-electron chi connectivity index (χ4n) is 2.97. The number of amides is 1. The second kappa shape index (κ2) is 6.97. The van der Waals surface area contributed by atoms with Crippen LogP contribution in [0, 0.1) is 6.92 Å². The lowest BCUT2D eigenvalue weighted by atomic mass is 10.2. The van der Waals surface area contributed by atoms with Gasteiger partial charge in [-0.25, -0.2) is 13.4 Å². The number of nitrogens with one attached hydrogen (secondary N) is 3. The summed E-state index contributed by atoms with van der Waals surface area (Å²) in [5, 5.41) is 5.93. The highest BCUT2D eigenvalue weighted by Gasteiger charge is 2.22. The Balaban J connectivity index is 1.50. The summed E-state index contributed by atoms with van der Waals surface area (Å²) in [5.74, 6) is 0.0703. The monoisotopic (exact) mass is 394 g/mol. The first-order valence-electron chi connectivity index (χ1n) is 8.65. The molecule has 0 fully saturated rings. The van der Waals surface area contributed by atoms with Gasteiger partial charge in [-0.15, -0.1) is 0 Å². The third-order valence-electron chi connectivity index (χ3n) is 4.44. The highest BCUT2D eigenvalue weighted by Crippen LogP contribution is 2.27. The van der Waals surface area contributed by atoms with Gasteiger partial charge in [0.15, 0.2) is 0 Å². The minimum Gasteiger partial charge on any atom is -0.354 e. The lowest BCUT2D eigenvalue weighted by molar-refractivity contribution is -0.115. The number of fused-ring (bicyclic) bond motifs is 1. The van der Waals surface area contributed by atoms with Gasteiger partial charge in [0.2, 0.25) is 5.91 Å². The molecule has 7 nitrogen and oxygen atoms in total. The molecular weight excluding hydrogens is 376 g/mol. The van der Waals surface area contributed by atoms with Crippen LogP contribution in [0.15, 0.2) is 65.7 Å². The second-order valence-electron chi connectivity index (χ2n) is 6.52. The number of aryl methyl sites for hydroxylation is 1. The average Bonchev–Trinajstić information content (AvgIpc) is 3.04. The number of pyridine rings is 1. The van der Waals surface area contributed by atoms with E-state index in [0.29, 0.717) is 11.3 Å². The summed E-state index contributed by atoms with van der Waals surface area (Å²) in [6, 6.07) is 15.8. The van der Waals surface area contributed by atoms with Crippen molar-refractivity contribution in [2.75, 3.05) is 15.4 Å². The van der Waals surface area contributed by atoms with Crippen molar-refractivity contribution >= 4 is 38.8 Å². The molecule has 0 bridgehead atoms. The van der Waals surface area contributed by atoms with Gasteiger partial charge in [0.1, 0.15) is 5.82 Å². The van der Waals surface area contributed by atoms with Crippen LogP contribution in [0.5, 0.6) is 0 Å². The van der Waals surface area contributed by atoms with Crippen LogP contribution in [0.4, 0.5) is 22.9 Å². The predicted molar refractivity (Wildman–Crippen MR) is 108 cm³/mol. The zero-order valence-corrected chi connectivity index (χ0v) is 15.9. The van der Waals surface area contributed by atoms with Crippen LogP contribution in [0.25, 0.3) is 0 Å². The number of benzene rings is 2. The molecule has 2 aromatic carbocycles. The Kier molecular flexibility index (Phi) is 4.48. The van der Waals surface area contributed by atoms with E-state index in [4.69, 9.17) is 0 Å². The number of carbonyl (C=O) groups is 1. The fourth-order valence-corrected chi connectivity index (χ4v) is 4.02. The Bertz CT molecular complexity index is 1160. The van der Waals surface area contributed by atoms with Gasteiger partial charge in [-0.3, -0.25) is 9.52 Å². The van der Waals surface area contributed by atoms with Crippen molar-refractivity contribution in [3.63, 3.8) is 0 Å². The molecule has 1 aliphatic rings. The number of nitrogens with zero attached hydrogens (tertiary/aromatic N) is 1. The van der Waals surface area contributed by atoms with Crippen molar-refractivity contribution in [2.24, 2.45) is 0 Å². The predicted octanol–water partition coefficient (Wildman–Crippen LogP) is 3.43. The van der Waals surface area contributed by atoms with Gasteiger partial charge in [-0.1, -0.05) is 18.2 Å². The quantitative estimate of drug-likeness (QED) is 0.616. The van der Waals surface area contributed by atoms with Crippen LogP contribution < -0.4 is 15.4 Å². The van der Waals surface area contributed by atoms with E-state index in [-0.39, 0.29) is 23.0 Å². The van der Waals surface area contributed by atoms with E-state index in [9.17, 15) is 13.2 Å². The van der Waals surface area contributed by atoms with Crippen LogP contribution in [0.2, 0.25) is 0 Å². The van der Waals surface area contributed by atoms with E-state index in [1.165, 1.54) is 12.1 Å². The summed E-state index contributed by atoms with van der Waals surface area (Å²) in [7, 11) is -3.80. The highest BCUT2D eigenvalue weighted by molar-refractivity contribution is 7.92. The maximum absolute atomic E-state index is 12.6. The van der Waals surface area contributed by atoms with Crippen LogP contribution in [-0.4, -0.2) is 19.3 Å². The van der Waals surface area contributed by atoms with Crippen LogP contribution >= 0.6 is 0 Å². The molecule has 3 aromatic rings. The SMILES string of the molecule is Cc1ccccc1Nc1ccc(NS(=O)(=O)c2ccc3c(c2)CC(=O)N3)nc1. The zero-order valence-electron chi connectivity index (χ0n) is 15.1. The number of para-hydroxylation sites is 1. The normalized spacial score (nSPS) is 13.0. The summed E-state index contributed by atoms with van der Waals surface area (Å²) >= 11 is 0. The molecule has 1 amide bonds. The molecule has 0 radical (unpaired) electrons.